The Labute approximate surface area is 108 Å². The van der Waals surface area contributed by atoms with Crippen LogP contribution in [0.15, 0.2) is 18.2 Å². The molecule has 0 bridgehead atoms. The summed E-state index contributed by atoms with van der Waals surface area (Å²) in [4.78, 5) is 15.0. The Hall–Kier alpha value is -2.24. The highest BCUT2D eigenvalue weighted by atomic mass is 19.1. The van der Waals surface area contributed by atoms with Gasteiger partial charge in [0.05, 0.1) is 0 Å². The first-order valence-electron chi connectivity index (χ1n) is 6.03. The van der Waals surface area contributed by atoms with Crippen molar-refractivity contribution in [3.63, 3.8) is 0 Å². The largest absolute Gasteiger partial charge is 0.475 e. The minimum atomic E-state index is -1.20. The van der Waals surface area contributed by atoms with Gasteiger partial charge in [0.2, 0.25) is 0 Å². The second-order valence-electron chi connectivity index (χ2n) is 4.69. The highest BCUT2D eigenvalue weighted by Crippen LogP contribution is 2.40. The molecule has 98 valence electrons. The number of carboxylic acids is 1. The van der Waals surface area contributed by atoms with Crippen LogP contribution >= 0.6 is 0 Å². The number of nitrogens with zero attached hydrogens (tertiary/aromatic N) is 3. The number of hydrogen-bond acceptors (Lipinski definition) is 3. The Kier molecular flexibility index (Phi) is 2.58. The van der Waals surface area contributed by atoms with Crippen molar-refractivity contribution in [3.8, 4) is 5.69 Å². The highest BCUT2D eigenvalue weighted by Gasteiger charge is 2.32. The topological polar surface area (TPSA) is 68.0 Å². The molecule has 1 heterocycles. The summed E-state index contributed by atoms with van der Waals surface area (Å²) in [7, 11) is 0. The summed E-state index contributed by atoms with van der Waals surface area (Å²) in [6.45, 7) is 1.76. The lowest BCUT2D eigenvalue weighted by Gasteiger charge is -2.09. The molecule has 1 aromatic heterocycles. The van der Waals surface area contributed by atoms with Crippen LogP contribution < -0.4 is 0 Å². The van der Waals surface area contributed by atoms with Crippen LogP contribution in [0.3, 0.4) is 0 Å². The summed E-state index contributed by atoms with van der Waals surface area (Å²) < 4.78 is 15.3. The number of para-hydroxylation sites is 1. The SMILES string of the molecule is Cc1cccc(F)c1-n1nc(C(=O)O)nc1C1CC1. The molecule has 0 spiro atoms. The first-order chi connectivity index (χ1) is 9.08. The van der Waals surface area contributed by atoms with Gasteiger partial charge in [-0.05, 0) is 31.4 Å². The van der Waals surface area contributed by atoms with Gasteiger partial charge in [0, 0.05) is 5.92 Å². The van der Waals surface area contributed by atoms with Gasteiger partial charge in [-0.1, -0.05) is 12.1 Å². The molecule has 0 aliphatic heterocycles. The smallest absolute Gasteiger partial charge is 0.375 e. The van der Waals surface area contributed by atoms with Crippen LogP contribution in [0, 0.1) is 12.7 Å². The molecule has 19 heavy (non-hydrogen) atoms. The van der Waals surface area contributed by atoms with Crippen LogP contribution in [0.25, 0.3) is 5.69 Å². The molecule has 1 N–H and O–H groups in total. The van der Waals surface area contributed by atoms with E-state index in [1.165, 1.54) is 10.7 Å². The number of rotatable bonds is 3. The normalized spacial score (nSPS) is 14.6. The molecule has 1 aromatic carbocycles. The molecule has 1 aliphatic rings. The van der Waals surface area contributed by atoms with Crippen molar-refractivity contribution in [2.24, 2.45) is 0 Å². The van der Waals surface area contributed by atoms with Gasteiger partial charge in [0.1, 0.15) is 17.3 Å². The molecule has 0 amide bonds. The predicted octanol–water partition coefficient (Wildman–Crippen LogP) is 2.29. The predicted molar refractivity (Wildman–Crippen MR) is 65.0 cm³/mol. The Balaban J connectivity index is 2.21. The van der Waals surface area contributed by atoms with Crippen molar-refractivity contribution in [2.75, 3.05) is 0 Å². The molecule has 3 rings (SSSR count). The maximum Gasteiger partial charge on any atom is 0.375 e. The highest BCUT2D eigenvalue weighted by molar-refractivity contribution is 5.83. The molecular weight excluding hydrogens is 249 g/mol. The standard InChI is InChI=1S/C13H12FN3O2/c1-7-3-2-4-9(14)10(7)17-12(8-5-6-8)15-11(16-17)13(18)19/h2-4,8H,5-6H2,1H3,(H,18,19). The van der Waals surface area contributed by atoms with E-state index in [9.17, 15) is 9.18 Å². The summed E-state index contributed by atoms with van der Waals surface area (Å²) in [6.07, 6.45) is 1.87. The summed E-state index contributed by atoms with van der Waals surface area (Å²) >= 11 is 0. The van der Waals surface area contributed by atoms with Crippen molar-refractivity contribution in [1.29, 1.82) is 0 Å². The maximum absolute atomic E-state index is 14.0. The Bertz CT molecular complexity index is 642. The Morgan fingerprint density at radius 1 is 1.47 bits per heavy atom. The molecule has 0 atom stereocenters. The summed E-state index contributed by atoms with van der Waals surface area (Å²) in [5, 5.41) is 12.9. The Morgan fingerprint density at radius 2 is 2.21 bits per heavy atom. The van der Waals surface area contributed by atoms with Gasteiger partial charge >= 0.3 is 5.97 Å². The molecule has 1 fully saturated rings. The van der Waals surface area contributed by atoms with Crippen LogP contribution in [0.5, 0.6) is 0 Å². The third kappa shape index (κ3) is 1.99. The zero-order chi connectivity index (χ0) is 13.6. The fourth-order valence-corrected chi connectivity index (χ4v) is 2.08. The molecule has 0 saturated heterocycles. The van der Waals surface area contributed by atoms with Crippen molar-refractivity contribution >= 4 is 5.97 Å². The van der Waals surface area contributed by atoms with E-state index in [0.29, 0.717) is 11.4 Å². The van der Waals surface area contributed by atoms with Gasteiger partial charge in [0.15, 0.2) is 0 Å². The molecule has 1 aliphatic carbocycles. The number of halogens is 1. The van der Waals surface area contributed by atoms with Gasteiger partial charge in [-0.2, -0.15) is 0 Å². The first kappa shape index (κ1) is 11.8. The maximum atomic E-state index is 14.0. The number of aromatic carboxylic acids is 1. The lowest BCUT2D eigenvalue weighted by atomic mass is 10.2. The number of carbonyl (C=O) groups is 1. The van der Waals surface area contributed by atoms with Crippen LogP contribution in [-0.2, 0) is 0 Å². The fourth-order valence-electron chi connectivity index (χ4n) is 2.08. The minimum absolute atomic E-state index is 0.180. The van der Waals surface area contributed by atoms with E-state index in [1.807, 2.05) is 0 Å². The van der Waals surface area contributed by atoms with Crippen LogP contribution in [-0.4, -0.2) is 25.8 Å². The summed E-state index contributed by atoms with van der Waals surface area (Å²) in [5.41, 5.74) is 0.980. The molecule has 0 unspecified atom stereocenters. The molecule has 0 radical (unpaired) electrons. The van der Waals surface area contributed by atoms with E-state index in [4.69, 9.17) is 5.11 Å². The second kappa shape index (κ2) is 4.15. The van der Waals surface area contributed by atoms with Gasteiger partial charge in [-0.15, -0.1) is 5.10 Å². The number of benzene rings is 1. The first-order valence-corrected chi connectivity index (χ1v) is 6.03. The van der Waals surface area contributed by atoms with E-state index in [2.05, 4.69) is 10.1 Å². The number of aryl methyl sites for hydroxylation is 1. The fraction of sp³-hybridized carbons (Fsp3) is 0.308. The third-order valence-electron chi connectivity index (χ3n) is 3.17. The average Bonchev–Trinajstić information content (AvgIpc) is 3.10. The average molecular weight is 261 g/mol. The summed E-state index contributed by atoms with van der Waals surface area (Å²) in [5.74, 6) is -1.20. The summed E-state index contributed by atoms with van der Waals surface area (Å²) in [6, 6.07) is 4.71. The van der Waals surface area contributed by atoms with Crippen LogP contribution in [0.1, 0.15) is 40.8 Å². The van der Waals surface area contributed by atoms with Crippen molar-refractivity contribution < 1.29 is 14.3 Å². The van der Waals surface area contributed by atoms with Gasteiger partial charge < -0.3 is 5.11 Å². The van der Waals surface area contributed by atoms with E-state index >= 15 is 0 Å². The van der Waals surface area contributed by atoms with Crippen molar-refractivity contribution in [2.45, 2.75) is 25.7 Å². The zero-order valence-electron chi connectivity index (χ0n) is 10.3. The second-order valence-corrected chi connectivity index (χ2v) is 4.69. The molecule has 2 aromatic rings. The van der Waals surface area contributed by atoms with Gasteiger partial charge in [-0.3, -0.25) is 0 Å². The van der Waals surface area contributed by atoms with Gasteiger partial charge in [-0.25, -0.2) is 18.9 Å². The Morgan fingerprint density at radius 3 is 2.79 bits per heavy atom. The molecule has 6 heteroatoms. The lowest BCUT2D eigenvalue weighted by Crippen LogP contribution is -2.07. The number of hydrogen-bond donors (Lipinski definition) is 1. The monoisotopic (exact) mass is 261 g/mol. The van der Waals surface area contributed by atoms with Crippen LogP contribution in [0.4, 0.5) is 4.39 Å². The molecule has 1 saturated carbocycles. The van der Waals surface area contributed by atoms with E-state index in [1.54, 1.807) is 19.1 Å². The minimum Gasteiger partial charge on any atom is -0.475 e. The van der Waals surface area contributed by atoms with Crippen molar-refractivity contribution in [3.05, 3.63) is 41.2 Å². The van der Waals surface area contributed by atoms with E-state index < -0.39 is 11.8 Å². The molecular formula is C13H12FN3O2. The van der Waals surface area contributed by atoms with Gasteiger partial charge in [0.25, 0.3) is 5.82 Å². The zero-order valence-corrected chi connectivity index (χ0v) is 10.3. The molecule has 5 nitrogen and oxygen atoms in total. The van der Waals surface area contributed by atoms with E-state index in [-0.39, 0.29) is 17.4 Å². The number of carboxylic acid groups (broad SMARTS) is 1. The van der Waals surface area contributed by atoms with Crippen molar-refractivity contribution in [1.82, 2.24) is 14.8 Å². The van der Waals surface area contributed by atoms with Crippen LogP contribution in [0.2, 0.25) is 0 Å². The third-order valence-corrected chi connectivity index (χ3v) is 3.17. The number of aromatic nitrogens is 3. The van der Waals surface area contributed by atoms with E-state index in [0.717, 1.165) is 12.8 Å². The quantitative estimate of drug-likeness (QED) is 0.920. The lowest BCUT2D eigenvalue weighted by molar-refractivity contribution is 0.0683.